The van der Waals surface area contributed by atoms with Crippen LogP contribution in [0.3, 0.4) is 0 Å². The molecule has 0 N–H and O–H groups in total. The Morgan fingerprint density at radius 3 is 3.00 bits per heavy atom. The Bertz CT molecular complexity index is 861. The Morgan fingerprint density at radius 2 is 2.15 bits per heavy atom. The minimum absolute atomic E-state index is 0.0179. The molecule has 6 heteroatoms. The number of hydrogen-bond acceptors (Lipinski definition) is 5. The summed E-state index contributed by atoms with van der Waals surface area (Å²) in [4.78, 5) is 18.7. The van der Waals surface area contributed by atoms with E-state index in [2.05, 4.69) is 17.1 Å². The van der Waals surface area contributed by atoms with E-state index in [4.69, 9.17) is 14.7 Å². The van der Waals surface area contributed by atoms with Crippen LogP contribution in [0.15, 0.2) is 42.6 Å². The fourth-order valence-electron chi connectivity index (χ4n) is 3.45. The summed E-state index contributed by atoms with van der Waals surface area (Å²) in [5, 5.41) is 8.95. The zero-order valence-corrected chi connectivity index (χ0v) is 14.3. The van der Waals surface area contributed by atoms with Crippen molar-refractivity contribution in [3.8, 4) is 11.9 Å². The van der Waals surface area contributed by atoms with Crippen molar-refractivity contribution < 1.29 is 14.3 Å². The molecule has 2 atom stereocenters. The van der Waals surface area contributed by atoms with Crippen molar-refractivity contribution in [3.05, 3.63) is 59.3 Å². The van der Waals surface area contributed by atoms with Crippen LogP contribution in [0.4, 0.5) is 0 Å². The third kappa shape index (κ3) is 3.39. The van der Waals surface area contributed by atoms with Gasteiger partial charge in [-0.05, 0) is 17.2 Å². The van der Waals surface area contributed by atoms with E-state index in [1.807, 2.05) is 18.2 Å². The van der Waals surface area contributed by atoms with Gasteiger partial charge in [0.1, 0.15) is 12.2 Å². The van der Waals surface area contributed by atoms with Gasteiger partial charge < -0.3 is 14.4 Å². The normalized spacial score (nSPS) is 21.7. The first kappa shape index (κ1) is 16.6. The van der Waals surface area contributed by atoms with Gasteiger partial charge in [-0.3, -0.25) is 4.79 Å². The molecule has 0 bridgehead atoms. The van der Waals surface area contributed by atoms with Gasteiger partial charge in [0.15, 0.2) is 0 Å². The molecule has 1 aromatic carbocycles. The van der Waals surface area contributed by atoms with Gasteiger partial charge in [0.25, 0.3) is 5.91 Å². The van der Waals surface area contributed by atoms with Gasteiger partial charge in [-0.2, -0.15) is 5.26 Å². The number of ether oxygens (including phenoxy) is 2. The molecule has 1 aromatic heterocycles. The van der Waals surface area contributed by atoms with Crippen LogP contribution >= 0.6 is 0 Å². The first-order valence-corrected chi connectivity index (χ1v) is 8.73. The van der Waals surface area contributed by atoms with Crippen molar-refractivity contribution in [3.63, 3.8) is 0 Å². The maximum absolute atomic E-state index is 12.8. The van der Waals surface area contributed by atoms with Crippen LogP contribution in [-0.4, -0.2) is 41.1 Å². The highest BCUT2D eigenvalue weighted by atomic mass is 16.5. The second-order valence-corrected chi connectivity index (χ2v) is 6.58. The monoisotopic (exact) mass is 349 g/mol. The third-order valence-corrected chi connectivity index (χ3v) is 4.85. The molecule has 2 aromatic rings. The van der Waals surface area contributed by atoms with Crippen LogP contribution in [-0.2, 0) is 22.6 Å². The number of nitriles is 1. The Kier molecular flexibility index (Phi) is 4.55. The number of carbonyl (C=O) groups is 1. The van der Waals surface area contributed by atoms with Gasteiger partial charge in [-0.25, -0.2) is 4.98 Å². The maximum atomic E-state index is 12.8. The van der Waals surface area contributed by atoms with Gasteiger partial charge in [0.05, 0.1) is 24.8 Å². The summed E-state index contributed by atoms with van der Waals surface area (Å²) in [6.45, 7) is 1.63. The molecule has 1 amide bonds. The average molecular weight is 349 g/mol. The zero-order chi connectivity index (χ0) is 17.9. The van der Waals surface area contributed by atoms with Crippen molar-refractivity contribution in [1.82, 2.24) is 9.88 Å². The highest BCUT2D eigenvalue weighted by Crippen LogP contribution is 2.24. The van der Waals surface area contributed by atoms with E-state index < -0.39 is 6.10 Å². The Morgan fingerprint density at radius 1 is 1.31 bits per heavy atom. The van der Waals surface area contributed by atoms with E-state index in [1.165, 1.54) is 5.56 Å². The Balaban J connectivity index is 1.36. The molecule has 2 aliphatic rings. The van der Waals surface area contributed by atoms with Gasteiger partial charge in [0.2, 0.25) is 5.88 Å². The van der Waals surface area contributed by atoms with Crippen LogP contribution < -0.4 is 4.74 Å². The number of benzene rings is 1. The Labute approximate surface area is 152 Å². The highest BCUT2D eigenvalue weighted by molar-refractivity contribution is 5.82. The number of aromatic nitrogens is 1. The van der Waals surface area contributed by atoms with E-state index in [-0.39, 0.29) is 12.0 Å². The third-order valence-electron chi connectivity index (χ3n) is 4.85. The summed E-state index contributed by atoms with van der Waals surface area (Å²) in [6.07, 6.45) is 2.37. The van der Waals surface area contributed by atoms with E-state index >= 15 is 0 Å². The van der Waals surface area contributed by atoms with Crippen molar-refractivity contribution in [1.29, 1.82) is 5.26 Å². The van der Waals surface area contributed by atoms with E-state index in [1.54, 1.807) is 23.2 Å². The van der Waals surface area contributed by atoms with Crippen LogP contribution in [0.5, 0.6) is 5.88 Å². The summed E-state index contributed by atoms with van der Waals surface area (Å²) < 4.78 is 11.6. The molecule has 132 valence electrons. The lowest BCUT2D eigenvalue weighted by Gasteiger charge is -2.28. The molecular formula is C20H19N3O3. The molecule has 1 fully saturated rings. The lowest BCUT2D eigenvalue weighted by atomic mass is 9.98. The number of carbonyl (C=O) groups excluding carboxylic acids is 1. The van der Waals surface area contributed by atoms with E-state index in [9.17, 15) is 4.79 Å². The van der Waals surface area contributed by atoms with E-state index in [0.29, 0.717) is 37.6 Å². The predicted molar refractivity (Wildman–Crippen MR) is 93.3 cm³/mol. The van der Waals surface area contributed by atoms with Crippen molar-refractivity contribution in [2.75, 3.05) is 13.1 Å². The maximum Gasteiger partial charge on any atom is 0.252 e. The number of amides is 1. The number of rotatable bonds is 3. The summed E-state index contributed by atoms with van der Waals surface area (Å²) in [5.74, 6) is 0.440. The standard InChI is InChI=1S/C20H19N3O3/c21-11-14-5-7-22-19(9-14)26-17-6-8-23(12-17)20(24)18-10-15-3-1-2-4-16(15)13-25-18/h1-5,7,9,17-18H,6,8,10,12-13H2. The summed E-state index contributed by atoms with van der Waals surface area (Å²) in [6, 6.07) is 13.4. The van der Waals surface area contributed by atoms with Crippen LogP contribution in [0.1, 0.15) is 23.1 Å². The summed E-state index contributed by atoms with van der Waals surface area (Å²) in [5.41, 5.74) is 2.85. The van der Waals surface area contributed by atoms with Crippen LogP contribution in [0.2, 0.25) is 0 Å². The Hall–Kier alpha value is -2.91. The molecule has 3 heterocycles. The van der Waals surface area contributed by atoms with Gasteiger partial charge in [-0.1, -0.05) is 24.3 Å². The number of nitrogens with zero attached hydrogens (tertiary/aromatic N) is 3. The molecule has 6 nitrogen and oxygen atoms in total. The fourth-order valence-corrected chi connectivity index (χ4v) is 3.45. The summed E-state index contributed by atoms with van der Waals surface area (Å²) >= 11 is 0. The number of pyridine rings is 1. The number of likely N-dealkylation sites (tertiary alicyclic amines) is 1. The molecule has 0 spiro atoms. The van der Waals surface area contributed by atoms with Gasteiger partial charge >= 0.3 is 0 Å². The molecule has 4 rings (SSSR count). The van der Waals surface area contributed by atoms with Crippen LogP contribution in [0.25, 0.3) is 0 Å². The predicted octanol–water partition coefficient (Wildman–Crippen LogP) is 2.07. The fraction of sp³-hybridized carbons (Fsp3) is 0.350. The smallest absolute Gasteiger partial charge is 0.252 e. The van der Waals surface area contributed by atoms with Crippen LogP contribution in [0, 0.1) is 11.3 Å². The molecule has 0 radical (unpaired) electrons. The number of fused-ring (bicyclic) bond motifs is 1. The van der Waals surface area contributed by atoms with Crippen molar-refractivity contribution >= 4 is 5.91 Å². The minimum Gasteiger partial charge on any atom is -0.472 e. The molecule has 1 saturated heterocycles. The second kappa shape index (κ2) is 7.14. The van der Waals surface area contributed by atoms with Gasteiger partial charge in [0, 0.05) is 31.6 Å². The zero-order valence-electron chi connectivity index (χ0n) is 14.3. The first-order valence-electron chi connectivity index (χ1n) is 8.73. The average Bonchev–Trinajstić information content (AvgIpc) is 3.15. The van der Waals surface area contributed by atoms with Crippen molar-refractivity contribution in [2.45, 2.75) is 31.7 Å². The minimum atomic E-state index is -0.427. The van der Waals surface area contributed by atoms with E-state index in [0.717, 1.165) is 12.0 Å². The largest absolute Gasteiger partial charge is 0.472 e. The number of hydrogen-bond donors (Lipinski definition) is 0. The van der Waals surface area contributed by atoms with Crippen molar-refractivity contribution in [2.24, 2.45) is 0 Å². The molecule has 2 aliphatic heterocycles. The lowest BCUT2D eigenvalue weighted by Crippen LogP contribution is -2.42. The topological polar surface area (TPSA) is 75.5 Å². The second-order valence-electron chi connectivity index (χ2n) is 6.58. The summed E-state index contributed by atoms with van der Waals surface area (Å²) in [7, 11) is 0. The quantitative estimate of drug-likeness (QED) is 0.848. The van der Waals surface area contributed by atoms with Gasteiger partial charge in [-0.15, -0.1) is 0 Å². The molecule has 2 unspecified atom stereocenters. The molecule has 0 saturated carbocycles. The molecule has 0 aliphatic carbocycles. The highest BCUT2D eigenvalue weighted by Gasteiger charge is 2.34. The lowest BCUT2D eigenvalue weighted by molar-refractivity contribution is -0.144. The SMILES string of the molecule is N#Cc1ccnc(OC2CCN(C(=O)C3Cc4ccccc4CO3)C2)c1. The molecule has 26 heavy (non-hydrogen) atoms. The molecular weight excluding hydrogens is 330 g/mol. The first-order chi connectivity index (χ1) is 12.7.